The number of pyridine rings is 1. The quantitative estimate of drug-likeness (QED) is 0.436. The van der Waals surface area contributed by atoms with Gasteiger partial charge in [0.2, 0.25) is 0 Å². The summed E-state index contributed by atoms with van der Waals surface area (Å²) in [6.07, 6.45) is -3.82. The fraction of sp³-hybridized carbons (Fsp3) is 0.250. The normalized spacial score (nSPS) is 11.3. The van der Waals surface area contributed by atoms with Crippen molar-refractivity contribution in [1.29, 1.82) is 0 Å². The van der Waals surface area contributed by atoms with E-state index in [0.29, 0.717) is 11.9 Å². The molecule has 0 aliphatic rings. The second kappa shape index (κ2) is 8.59. The highest BCUT2D eigenvalue weighted by Crippen LogP contribution is 2.33. The number of carbonyl (C=O) groups excluding carboxylic acids is 1. The summed E-state index contributed by atoms with van der Waals surface area (Å²) in [6.45, 7) is 0.147. The monoisotopic (exact) mass is 408 g/mol. The van der Waals surface area contributed by atoms with E-state index in [9.17, 15) is 22.4 Å². The molecular weight excluding hydrogens is 396 g/mol. The summed E-state index contributed by atoms with van der Waals surface area (Å²) >= 11 is 6.86. The maximum absolute atomic E-state index is 13.8. The van der Waals surface area contributed by atoms with Gasteiger partial charge in [0.25, 0.3) is 5.91 Å². The van der Waals surface area contributed by atoms with E-state index in [-0.39, 0.29) is 27.9 Å². The van der Waals surface area contributed by atoms with E-state index in [1.165, 1.54) is 19.2 Å². The van der Waals surface area contributed by atoms with Crippen LogP contribution >= 0.6 is 23.4 Å². The van der Waals surface area contributed by atoms with Crippen molar-refractivity contribution < 1.29 is 27.1 Å². The summed E-state index contributed by atoms with van der Waals surface area (Å²) in [5.74, 6) is -0.751. The van der Waals surface area contributed by atoms with Gasteiger partial charge in [0.05, 0.1) is 23.3 Å². The van der Waals surface area contributed by atoms with Crippen LogP contribution in [0.1, 0.15) is 15.9 Å². The molecule has 0 aliphatic carbocycles. The Morgan fingerprint density at radius 1 is 1.35 bits per heavy atom. The maximum Gasteiger partial charge on any atom is 0.417 e. The van der Waals surface area contributed by atoms with Crippen molar-refractivity contribution in [2.24, 2.45) is 0 Å². The zero-order valence-corrected chi connectivity index (χ0v) is 14.9. The second-order valence-corrected chi connectivity index (χ2v) is 6.45. The van der Waals surface area contributed by atoms with E-state index in [1.54, 1.807) is 0 Å². The van der Waals surface area contributed by atoms with Crippen LogP contribution < -0.4 is 10.1 Å². The number of carbonyl (C=O) groups is 1. The predicted octanol–water partition coefficient (Wildman–Crippen LogP) is 4.42. The number of hydrogen-bond acceptors (Lipinski definition) is 4. The lowest BCUT2D eigenvalue weighted by Gasteiger charge is -2.09. The largest absolute Gasteiger partial charge is 0.497 e. The lowest BCUT2D eigenvalue weighted by Crippen LogP contribution is -2.26. The molecular formula is C16H13ClF4N2O2S. The fourth-order valence-corrected chi connectivity index (χ4v) is 2.95. The fourth-order valence-electron chi connectivity index (χ4n) is 1.90. The first-order chi connectivity index (χ1) is 12.2. The minimum Gasteiger partial charge on any atom is -0.497 e. The summed E-state index contributed by atoms with van der Waals surface area (Å²) in [7, 11) is 1.38. The highest BCUT2D eigenvalue weighted by atomic mass is 35.5. The van der Waals surface area contributed by atoms with Crippen LogP contribution in [0, 0.1) is 5.82 Å². The summed E-state index contributed by atoms with van der Waals surface area (Å²) < 4.78 is 56.3. The van der Waals surface area contributed by atoms with Crippen molar-refractivity contribution in [2.75, 3.05) is 19.4 Å². The third-order valence-electron chi connectivity index (χ3n) is 3.18. The van der Waals surface area contributed by atoms with Crippen LogP contribution in [0.25, 0.3) is 0 Å². The van der Waals surface area contributed by atoms with Crippen molar-refractivity contribution in [3.8, 4) is 5.75 Å². The summed E-state index contributed by atoms with van der Waals surface area (Å²) in [5, 5.41) is 2.60. The number of nitrogens with one attached hydrogen (secondary N) is 1. The first kappa shape index (κ1) is 20.3. The summed E-state index contributed by atoms with van der Waals surface area (Å²) in [5.41, 5.74) is -1.07. The van der Waals surface area contributed by atoms with Crippen LogP contribution in [0.3, 0.4) is 0 Å². The molecule has 0 bridgehead atoms. The Kier molecular flexibility index (Phi) is 6.71. The van der Waals surface area contributed by atoms with Gasteiger partial charge in [-0.1, -0.05) is 11.6 Å². The molecule has 26 heavy (non-hydrogen) atoms. The van der Waals surface area contributed by atoms with E-state index in [0.717, 1.165) is 23.9 Å². The van der Waals surface area contributed by atoms with Gasteiger partial charge in [-0.3, -0.25) is 4.79 Å². The summed E-state index contributed by atoms with van der Waals surface area (Å²) in [4.78, 5) is 15.6. The molecule has 2 rings (SSSR count). The number of amides is 1. The third kappa shape index (κ3) is 5.25. The molecule has 0 saturated heterocycles. The van der Waals surface area contributed by atoms with Gasteiger partial charge in [-0.05, 0) is 18.2 Å². The molecule has 4 nitrogen and oxygen atoms in total. The molecule has 2 aromatic rings. The molecule has 1 aromatic heterocycles. The van der Waals surface area contributed by atoms with Crippen molar-refractivity contribution in [3.63, 3.8) is 0 Å². The zero-order valence-electron chi connectivity index (χ0n) is 13.4. The van der Waals surface area contributed by atoms with Gasteiger partial charge in [0, 0.05) is 24.6 Å². The van der Waals surface area contributed by atoms with Crippen molar-refractivity contribution in [1.82, 2.24) is 10.3 Å². The maximum atomic E-state index is 13.8. The number of halogens is 5. The second-order valence-electron chi connectivity index (χ2n) is 4.96. The number of hydrogen-bond donors (Lipinski definition) is 1. The Morgan fingerprint density at radius 3 is 2.65 bits per heavy atom. The summed E-state index contributed by atoms with van der Waals surface area (Å²) in [6, 6.07) is 4.64. The van der Waals surface area contributed by atoms with Crippen LogP contribution in [-0.4, -0.2) is 30.3 Å². The lowest BCUT2D eigenvalue weighted by molar-refractivity contribution is -0.137. The Hall–Kier alpha value is -2.00. The molecule has 0 saturated carbocycles. The van der Waals surface area contributed by atoms with Gasteiger partial charge >= 0.3 is 6.18 Å². The number of methoxy groups -OCH3 is 1. The van der Waals surface area contributed by atoms with Crippen LogP contribution in [0.2, 0.25) is 5.02 Å². The van der Waals surface area contributed by atoms with Gasteiger partial charge in [-0.25, -0.2) is 9.37 Å². The highest BCUT2D eigenvalue weighted by molar-refractivity contribution is 7.99. The number of ether oxygens (including phenoxy) is 1. The first-order valence-corrected chi connectivity index (χ1v) is 8.56. The smallest absolute Gasteiger partial charge is 0.417 e. The molecule has 0 atom stereocenters. The standard InChI is InChI=1S/C16H13ClF4N2O2S/c1-25-10-2-3-11(13(18)7-10)14(24)22-4-5-26-15-12(17)6-9(8-23-15)16(19,20)21/h2-3,6-8H,4-5H2,1H3,(H,22,24). The molecule has 1 aromatic carbocycles. The minimum absolute atomic E-state index is 0.127. The van der Waals surface area contributed by atoms with E-state index in [1.807, 2.05) is 0 Å². The van der Waals surface area contributed by atoms with Gasteiger partial charge < -0.3 is 10.1 Å². The Balaban J connectivity index is 1.88. The SMILES string of the molecule is COc1ccc(C(=O)NCCSc2ncc(C(F)(F)F)cc2Cl)c(F)c1. The topological polar surface area (TPSA) is 51.2 Å². The number of nitrogens with zero attached hydrogens (tertiary/aromatic N) is 1. The van der Waals surface area contributed by atoms with Crippen LogP contribution in [-0.2, 0) is 6.18 Å². The molecule has 0 spiro atoms. The van der Waals surface area contributed by atoms with Gasteiger partial charge in [-0.2, -0.15) is 13.2 Å². The Morgan fingerprint density at radius 2 is 2.08 bits per heavy atom. The molecule has 1 N–H and O–H groups in total. The van der Waals surface area contributed by atoms with E-state index in [2.05, 4.69) is 10.3 Å². The molecule has 10 heteroatoms. The highest BCUT2D eigenvalue weighted by Gasteiger charge is 2.31. The number of rotatable bonds is 6. The van der Waals surface area contributed by atoms with Crippen LogP contribution in [0.4, 0.5) is 17.6 Å². The Bertz CT molecular complexity index is 802. The van der Waals surface area contributed by atoms with E-state index >= 15 is 0 Å². The van der Waals surface area contributed by atoms with E-state index < -0.39 is 23.5 Å². The number of benzene rings is 1. The van der Waals surface area contributed by atoms with Crippen molar-refractivity contribution in [2.45, 2.75) is 11.2 Å². The van der Waals surface area contributed by atoms with Gasteiger partial charge in [-0.15, -0.1) is 11.8 Å². The number of aromatic nitrogens is 1. The zero-order chi connectivity index (χ0) is 19.3. The van der Waals surface area contributed by atoms with E-state index in [4.69, 9.17) is 16.3 Å². The third-order valence-corrected chi connectivity index (χ3v) is 4.59. The van der Waals surface area contributed by atoms with Crippen molar-refractivity contribution >= 4 is 29.3 Å². The number of alkyl halides is 3. The minimum atomic E-state index is -4.52. The lowest BCUT2D eigenvalue weighted by atomic mass is 10.2. The molecule has 0 unspecified atom stereocenters. The number of thioether (sulfide) groups is 1. The molecule has 140 valence electrons. The van der Waals surface area contributed by atoms with Crippen LogP contribution in [0.15, 0.2) is 35.5 Å². The first-order valence-electron chi connectivity index (χ1n) is 7.19. The van der Waals surface area contributed by atoms with Gasteiger partial charge in [0.15, 0.2) is 0 Å². The van der Waals surface area contributed by atoms with Gasteiger partial charge in [0.1, 0.15) is 16.6 Å². The molecule has 1 heterocycles. The molecule has 0 radical (unpaired) electrons. The average molecular weight is 409 g/mol. The molecule has 0 aliphatic heterocycles. The molecule has 1 amide bonds. The van der Waals surface area contributed by atoms with Crippen molar-refractivity contribution in [3.05, 3.63) is 52.4 Å². The van der Waals surface area contributed by atoms with Crippen LogP contribution in [0.5, 0.6) is 5.75 Å². The average Bonchev–Trinajstić information content (AvgIpc) is 2.58. The predicted molar refractivity (Wildman–Crippen MR) is 90.3 cm³/mol. The molecule has 0 fully saturated rings. The Labute approximate surface area is 155 Å².